The molecule has 0 spiro atoms. The monoisotopic (exact) mass is 467 g/mol. The van der Waals surface area contributed by atoms with E-state index in [9.17, 15) is 15.0 Å². The van der Waals surface area contributed by atoms with Gasteiger partial charge in [0, 0.05) is 5.56 Å². The summed E-state index contributed by atoms with van der Waals surface area (Å²) in [5, 5.41) is 23.6. The van der Waals surface area contributed by atoms with Gasteiger partial charge in [-0.3, -0.25) is 4.79 Å². The van der Waals surface area contributed by atoms with Gasteiger partial charge in [-0.25, -0.2) is 9.97 Å². The number of ether oxygens (including phenoxy) is 1. The lowest BCUT2D eigenvalue weighted by Gasteiger charge is -2.23. The third-order valence-corrected chi connectivity index (χ3v) is 6.13. The summed E-state index contributed by atoms with van der Waals surface area (Å²) in [6.45, 7) is 0. The molecule has 1 heterocycles. The van der Waals surface area contributed by atoms with Crippen molar-refractivity contribution < 1.29 is 19.7 Å². The van der Waals surface area contributed by atoms with Gasteiger partial charge >= 0.3 is 0 Å². The summed E-state index contributed by atoms with van der Waals surface area (Å²) >= 11 is 0. The van der Waals surface area contributed by atoms with Crippen molar-refractivity contribution in [3.63, 3.8) is 0 Å². The number of benzene rings is 3. The van der Waals surface area contributed by atoms with E-state index >= 15 is 0 Å². The summed E-state index contributed by atoms with van der Waals surface area (Å²) < 4.78 is 5.37. The zero-order valence-corrected chi connectivity index (χ0v) is 19.2. The van der Waals surface area contributed by atoms with Crippen LogP contribution in [0.15, 0.2) is 72.8 Å². The van der Waals surface area contributed by atoms with E-state index in [0.717, 1.165) is 34.6 Å². The van der Waals surface area contributed by atoms with Crippen LogP contribution in [0.25, 0.3) is 11.3 Å². The molecule has 1 unspecified atom stereocenters. The number of fused-ring (bicyclic) bond motifs is 3. The molecule has 1 amide bonds. The Bertz CT molecular complexity index is 1370. The number of phenolic OH excluding ortho intramolecular Hbond substituents is 1. The number of aromatic hydroxyl groups is 1. The van der Waals surface area contributed by atoms with Crippen molar-refractivity contribution in [1.82, 2.24) is 9.97 Å². The fourth-order valence-corrected chi connectivity index (χ4v) is 4.31. The number of amides is 1. The molecule has 7 heteroatoms. The molecule has 1 aromatic heterocycles. The number of nitrogens with zero attached hydrogens (tertiary/aromatic N) is 2. The summed E-state index contributed by atoms with van der Waals surface area (Å²) in [7, 11) is 1.64. The highest BCUT2D eigenvalue weighted by Crippen LogP contribution is 2.36. The molecule has 0 radical (unpaired) electrons. The first-order chi connectivity index (χ1) is 17.0. The van der Waals surface area contributed by atoms with Crippen LogP contribution in [0.3, 0.4) is 0 Å². The molecule has 1 atom stereocenters. The molecule has 0 aliphatic heterocycles. The van der Waals surface area contributed by atoms with Gasteiger partial charge in [0.2, 0.25) is 5.91 Å². The largest absolute Gasteiger partial charge is 0.508 e. The standard InChI is InChI=1S/C28H25N3O4/c1-35-21-12-13-22-19(16-21)9-14-23-25(22)31-26(27(34)18-5-3-2-4-6-18)28(29-23)30-24(33)15-17-7-10-20(32)11-8-17/h2-8,10-13,16,27,32,34H,9,14-15H2,1H3,(H,29,30,33). The zero-order valence-electron chi connectivity index (χ0n) is 19.2. The van der Waals surface area contributed by atoms with Gasteiger partial charge in [0.15, 0.2) is 5.82 Å². The lowest BCUT2D eigenvalue weighted by molar-refractivity contribution is -0.115. The summed E-state index contributed by atoms with van der Waals surface area (Å²) in [4.78, 5) is 22.5. The van der Waals surface area contributed by atoms with Gasteiger partial charge in [0.05, 0.1) is 24.9 Å². The lowest BCUT2D eigenvalue weighted by atomic mass is 9.91. The average Bonchev–Trinajstić information content (AvgIpc) is 2.89. The molecule has 176 valence electrons. The first kappa shape index (κ1) is 22.6. The van der Waals surface area contributed by atoms with Crippen LogP contribution in [-0.4, -0.2) is 33.2 Å². The number of aliphatic hydroxyl groups excluding tert-OH is 1. The van der Waals surface area contributed by atoms with E-state index in [1.54, 1.807) is 31.4 Å². The van der Waals surface area contributed by atoms with Crippen LogP contribution in [0.1, 0.15) is 34.2 Å². The number of methoxy groups -OCH3 is 1. The third-order valence-electron chi connectivity index (χ3n) is 6.13. The van der Waals surface area contributed by atoms with Crippen LogP contribution in [0.2, 0.25) is 0 Å². The first-order valence-corrected chi connectivity index (χ1v) is 11.4. The first-order valence-electron chi connectivity index (χ1n) is 11.4. The number of nitrogens with one attached hydrogen (secondary N) is 1. The fraction of sp³-hybridized carbons (Fsp3) is 0.179. The number of hydrogen-bond acceptors (Lipinski definition) is 6. The molecule has 35 heavy (non-hydrogen) atoms. The van der Waals surface area contributed by atoms with Gasteiger partial charge in [0.25, 0.3) is 0 Å². The predicted octanol–water partition coefficient (Wildman–Crippen LogP) is 4.22. The minimum Gasteiger partial charge on any atom is -0.508 e. The number of aryl methyl sites for hydroxylation is 2. The van der Waals surface area contributed by atoms with Gasteiger partial charge in [-0.15, -0.1) is 0 Å². The summed E-state index contributed by atoms with van der Waals surface area (Å²) in [6.07, 6.45) is 0.463. The van der Waals surface area contributed by atoms with Crippen molar-refractivity contribution in [3.8, 4) is 22.8 Å². The molecule has 0 bridgehead atoms. The molecule has 7 nitrogen and oxygen atoms in total. The average molecular weight is 468 g/mol. The van der Waals surface area contributed by atoms with E-state index in [1.807, 2.05) is 48.5 Å². The number of aromatic nitrogens is 2. The van der Waals surface area contributed by atoms with E-state index in [2.05, 4.69) is 5.32 Å². The Morgan fingerprint density at radius 1 is 1.03 bits per heavy atom. The Kier molecular flexibility index (Phi) is 6.16. The van der Waals surface area contributed by atoms with Gasteiger partial charge < -0.3 is 20.3 Å². The minimum atomic E-state index is -1.07. The Hall–Kier alpha value is -4.23. The summed E-state index contributed by atoms with van der Waals surface area (Å²) in [5.74, 6) is 0.886. The topological polar surface area (TPSA) is 105 Å². The molecule has 0 fully saturated rings. The third kappa shape index (κ3) is 4.72. The molecular weight excluding hydrogens is 442 g/mol. The van der Waals surface area contributed by atoms with Crippen LogP contribution in [0.5, 0.6) is 11.5 Å². The zero-order chi connectivity index (χ0) is 24.4. The van der Waals surface area contributed by atoms with Crippen LogP contribution in [-0.2, 0) is 24.1 Å². The molecule has 0 saturated heterocycles. The Morgan fingerprint density at radius 2 is 1.80 bits per heavy atom. The van der Waals surface area contributed by atoms with E-state index in [1.165, 1.54) is 0 Å². The second-order valence-electron chi connectivity index (χ2n) is 8.48. The van der Waals surface area contributed by atoms with Crippen LogP contribution in [0.4, 0.5) is 5.82 Å². The molecule has 0 saturated carbocycles. The SMILES string of the molecule is COc1ccc2c(c1)CCc1nc(NC(=O)Cc3ccc(O)cc3)c(C(O)c3ccccc3)nc1-2. The predicted molar refractivity (Wildman–Crippen MR) is 132 cm³/mol. The molecule has 3 N–H and O–H groups in total. The van der Waals surface area contributed by atoms with Crippen molar-refractivity contribution in [2.45, 2.75) is 25.4 Å². The van der Waals surface area contributed by atoms with Crippen LogP contribution in [0, 0.1) is 0 Å². The number of anilines is 1. The van der Waals surface area contributed by atoms with Crippen molar-refractivity contribution in [2.24, 2.45) is 0 Å². The minimum absolute atomic E-state index is 0.0997. The highest BCUT2D eigenvalue weighted by atomic mass is 16.5. The van der Waals surface area contributed by atoms with Gasteiger partial charge in [-0.05, 0) is 59.9 Å². The van der Waals surface area contributed by atoms with Gasteiger partial charge in [-0.2, -0.15) is 0 Å². The maximum Gasteiger partial charge on any atom is 0.229 e. The molecular formula is C28H25N3O4. The normalized spacial score (nSPS) is 12.9. The quantitative estimate of drug-likeness (QED) is 0.392. The van der Waals surface area contributed by atoms with E-state index in [-0.39, 0.29) is 29.6 Å². The van der Waals surface area contributed by atoms with Gasteiger partial charge in [-0.1, -0.05) is 42.5 Å². The van der Waals surface area contributed by atoms with Gasteiger partial charge in [0.1, 0.15) is 23.3 Å². The smallest absolute Gasteiger partial charge is 0.229 e. The van der Waals surface area contributed by atoms with E-state index in [4.69, 9.17) is 14.7 Å². The van der Waals surface area contributed by atoms with E-state index in [0.29, 0.717) is 17.7 Å². The molecule has 5 rings (SSSR count). The lowest BCUT2D eigenvalue weighted by Crippen LogP contribution is -2.21. The van der Waals surface area contributed by atoms with Crippen molar-refractivity contribution in [2.75, 3.05) is 12.4 Å². The molecule has 1 aliphatic rings. The maximum absolute atomic E-state index is 12.9. The highest BCUT2D eigenvalue weighted by Gasteiger charge is 2.26. The number of aliphatic hydroxyl groups is 1. The number of carbonyl (C=O) groups excluding carboxylic acids is 1. The molecule has 3 aromatic carbocycles. The molecule has 1 aliphatic carbocycles. The second kappa shape index (κ2) is 9.56. The summed E-state index contributed by atoms with van der Waals surface area (Å²) in [5.41, 5.74) is 5.22. The van der Waals surface area contributed by atoms with Crippen molar-refractivity contribution in [1.29, 1.82) is 0 Å². The van der Waals surface area contributed by atoms with Crippen LogP contribution >= 0.6 is 0 Å². The number of hydrogen-bond donors (Lipinski definition) is 3. The highest BCUT2D eigenvalue weighted by molar-refractivity contribution is 5.92. The molecule has 4 aromatic rings. The Morgan fingerprint density at radius 3 is 2.54 bits per heavy atom. The van der Waals surface area contributed by atoms with Crippen molar-refractivity contribution >= 4 is 11.7 Å². The maximum atomic E-state index is 12.9. The Balaban J connectivity index is 1.54. The van der Waals surface area contributed by atoms with E-state index < -0.39 is 6.10 Å². The number of phenols is 1. The Labute approximate surface area is 203 Å². The summed E-state index contributed by atoms with van der Waals surface area (Å²) in [6, 6.07) is 21.5. The number of rotatable bonds is 6. The van der Waals surface area contributed by atoms with Crippen molar-refractivity contribution in [3.05, 3.63) is 101 Å². The number of carbonyl (C=O) groups is 1. The van der Waals surface area contributed by atoms with Crippen LogP contribution < -0.4 is 10.1 Å². The second-order valence-corrected chi connectivity index (χ2v) is 8.48. The fourth-order valence-electron chi connectivity index (χ4n) is 4.31.